The van der Waals surface area contributed by atoms with Crippen molar-refractivity contribution in [2.75, 3.05) is 27.3 Å². The molecule has 1 amide bonds. The standard InChI is InChI=1S/C24H30FNO5/c1-17-21(30-2)15-19(16-22(17)31-3)24(29)26(12-5-4-11-23(27)28)13-7-9-18-8-6-10-20(25)14-18/h6,8,10,14-16H,4-5,7,9,11-13H2,1-3H3,(H,27,28). The summed E-state index contributed by atoms with van der Waals surface area (Å²) in [5.41, 5.74) is 2.13. The molecule has 0 aliphatic rings. The van der Waals surface area contributed by atoms with E-state index >= 15 is 0 Å². The van der Waals surface area contributed by atoms with Crippen LogP contribution >= 0.6 is 0 Å². The number of ether oxygens (including phenoxy) is 2. The Labute approximate surface area is 182 Å². The van der Waals surface area contributed by atoms with Crippen LogP contribution < -0.4 is 9.47 Å². The predicted molar refractivity (Wildman–Crippen MR) is 116 cm³/mol. The number of amides is 1. The monoisotopic (exact) mass is 431 g/mol. The van der Waals surface area contributed by atoms with Gasteiger partial charge in [-0.15, -0.1) is 0 Å². The molecule has 0 saturated heterocycles. The molecule has 0 spiro atoms. The summed E-state index contributed by atoms with van der Waals surface area (Å²) in [4.78, 5) is 25.8. The van der Waals surface area contributed by atoms with Gasteiger partial charge in [-0.3, -0.25) is 9.59 Å². The zero-order valence-electron chi connectivity index (χ0n) is 18.3. The number of aliphatic carboxylic acids is 1. The molecule has 1 N–H and O–H groups in total. The molecule has 0 fully saturated rings. The first-order valence-electron chi connectivity index (χ1n) is 10.3. The summed E-state index contributed by atoms with van der Waals surface area (Å²) in [5, 5.41) is 8.86. The largest absolute Gasteiger partial charge is 0.496 e. The lowest BCUT2D eigenvalue weighted by atomic mass is 10.1. The van der Waals surface area contributed by atoms with Crippen LogP contribution in [-0.2, 0) is 11.2 Å². The molecule has 2 aromatic rings. The van der Waals surface area contributed by atoms with E-state index < -0.39 is 5.97 Å². The maximum absolute atomic E-state index is 13.4. The summed E-state index contributed by atoms with van der Waals surface area (Å²) in [5.74, 6) is -0.178. The van der Waals surface area contributed by atoms with Crippen LogP contribution in [0.15, 0.2) is 36.4 Å². The normalized spacial score (nSPS) is 10.6. The van der Waals surface area contributed by atoms with Crippen molar-refractivity contribution in [2.45, 2.75) is 39.0 Å². The zero-order chi connectivity index (χ0) is 22.8. The van der Waals surface area contributed by atoms with Crippen molar-refractivity contribution in [3.05, 3.63) is 58.9 Å². The Kier molecular flexibility index (Phi) is 9.31. The number of rotatable bonds is 12. The fourth-order valence-corrected chi connectivity index (χ4v) is 3.45. The molecule has 2 aromatic carbocycles. The molecule has 0 radical (unpaired) electrons. The minimum Gasteiger partial charge on any atom is -0.496 e. The van der Waals surface area contributed by atoms with E-state index in [9.17, 15) is 14.0 Å². The number of carboxylic acid groups (broad SMARTS) is 1. The Bertz CT molecular complexity index is 874. The lowest BCUT2D eigenvalue weighted by molar-refractivity contribution is -0.137. The van der Waals surface area contributed by atoms with Crippen LogP contribution in [0.1, 0.15) is 47.2 Å². The number of hydrogen-bond acceptors (Lipinski definition) is 4. The fraction of sp³-hybridized carbons (Fsp3) is 0.417. The second-order valence-corrected chi connectivity index (χ2v) is 7.38. The van der Waals surface area contributed by atoms with E-state index in [1.807, 2.05) is 13.0 Å². The molecule has 0 saturated carbocycles. The number of unbranched alkanes of at least 4 members (excludes halogenated alkanes) is 1. The van der Waals surface area contributed by atoms with Crippen molar-refractivity contribution in [2.24, 2.45) is 0 Å². The molecule has 0 aliphatic carbocycles. The van der Waals surface area contributed by atoms with Gasteiger partial charge in [0.05, 0.1) is 14.2 Å². The minimum absolute atomic E-state index is 0.0670. The van der Waals surface area contributed by atoms with E-state index in [1.54, 1.807) is 37.3 Å². The highest BCUT2D eigenvalue weighted by molar-refractivity contribution is 5.95. The maximum atomic E-state index is 13.4. The third-order valence-electron chi connectivity index (χ3n) is 5.14. The second-order valence-electron chi connectivity index (χ2n) is 7.38. The minimum atomic E-state index is -0.850. The molecular weight excluding hydrogens is 401 g/mol. The second kappa shape index (κ2) is 11.9. The highest BCUT2D eigenvalue weighted by Gasteiger charge is 2.19. The molecule has 0 atom stereocenters. The first-order valence-corrected chi connectivity index (χ1v) is 10.3. The molecule has 0 bridgehead atoms. The summed E-state index contributed by atoms with van der Waals surface area (Å²) < 4.78 is 24.2. The van der Waals surface area contributed by atoms with Crippen molar-refractivity contribution >= 4 is 11.9 Å². The number of benzene rings is 2. The average Bonchev–Trinajstić information content (AvgIpc) is 2.75. The molecule has 31 heavy (non-hydrogen) atoms. The Morgan fingerprint density at radius 3 is 2.23 bits per heavy atom. The Hall–Kier alpha value is -3.09. The number of carbonyl (C=O) groups excluding carboxylic acids is 1. The molecule has 6 nitrogen and oxygen atoms in total. The van der Waals surface area contributed by atoms with Gasteiger partial charge < -0.3 is 19.5 Å². The highest BCUT2D eigenvalue weighted by atomic mass is 19.1. The van der Waals surface area contributed by atoms with Gasteiger partial charge in [-0.1, -0.05) is 12.1 Å². The predicted octanol–water partition coefficient (Wildman–Crippen LogP) is 4.48. The lowest BCUT2D eigenvalue weighted by Gasteiger charge is -2.24. The van der Waals surface area contributed by atoms with Crippen LogP contribution in [0, 0.1) is 12.7 Å². The Morgan fingerprint density at radius 1 is 1.00 bits per heavy atom. The maximum Gasteiger partial charge on any atom is 0.303 e. The van der Waals surface area contributed by atoms with E-state index in [-0.39, 0.29) is 18.1 Å². The van der Waals surface area contributed by atoms with Crippen LogP contribution in [0.5, 0.6) is 11.5 Å². The highest BCUT2D eigenvalue weighted by Crippen LogP contribution is 2.30. The van der Waals surface area contributed by atoms with Gasteiger partial charge in [-0.2, -0.15) is 0 Å². The van der Waals surface area contributed by atoms with Crippen molar-refractivity contribution < 1.29 is 28.6 Å². The molecule has 2 rings (SSSR count). The third kappa shape index (κ3) is 7.27. The number of carboxylic acids is 1. The Balaban J connectivity index is 2.14. The van der Waals surface area contributed by atoms with Crippen LogP contribution in [0.3, 0.4) is 0 Å². The number of hydrogen-bond donors (Lipinski definition) is 1. The van der Waals surface area contributed by atoms with Gasteiger partial charge in [0.2, 0.25) is 0 Å². The van der Waals surface area contributed by atoms with Crippen molar-refractivity contribution in [3.8, 4) is 11.5 Å². The van der Waals surface area contributed by atoms with E-state index in [1.165, 1.54) is 12.1 Å². The fourth-order valence-electron chi connectivity index (χ4n) is 3.45. The van der Waals surface area contributed by atoms with E-state index in [2.05, 4.69) is 0 Å². The molecule has 168 valence electrons. The number of halogens is 1. The summed E-state index contributed by atoms with van der Waals surface area (Å²) >= 11 is 0. The average molecular weight is 432 g/mol. The summed E-state index contributed by atoms with van der Waals surface area (Å²) in [7, 11) is 3.08. The molecule has 7 heteroatoms. The molecule has 0 aromatic heterocycles. The van der Waals surface area contributed by atoms with Gasteiger partial charge in [-0.25, -0.2) is 4.39 Å². The van der Waals surface area contributed by atoms with Gasteiger partial charge in [0.1, 0.15) is 17.3 Å². The molecular formula is C24H30FNO5. The van der Waals surface area contributed by atoms with Crippen molar-refractivity contribution in [1.82, 2.24) is 4.90 Å². The van der Waals surface area contributed by atoms with Gasteiger partial charge in [0.25, 0.3) is 5.91 Å². The third-order valence-corrected chi connectivity index (χ3v) is 5.14. The summed E-state index contributed by atoms with van der Waals surface area (Å²) in [6.07, 6.45) is 2.44. The van der Waals surface area contributed by atoms with Crippen LogP contribution in [0.2, 0.25) is 0 Å². The van der Waals surface area contributed by atoms with Crippen LogP contribution in [0.25, 0.3) is 0 Å². The first-order chi connectivity index (χ1) is 14.8. The quantitative estimate of drug-likeness (QED) is 0.502. The first kappa shape index (κ1) is 24.2. The van der Waals surface area contributed by atoms with Gasteiger partial charge in [-0.05, 0) is 62.4 Å². The smallest absolute Gasteiger partial charge is 0.303 e. The van der Waals surface area contributed by atoms with Gasteiger partial charge >= 0.3 is 5.97 Å². The van der Waals surface area contributed by atoms with Gasteiger partial charge in [0, 0.05) is 30.6 Å². The van der Waals surface area contributed by atoms with E-state index in [4.69, 9.17) is 14.6 Å². The lowest BCUT2D eigenvalue weighted by Crippen LogP contribution is -2.33. The van der Waals surface area contributed by atoms with Crippen LogP contribution in [-0.4, -0.2) is 49.2 Å². The van der Waals surface area contributed by atoms with E-state index in [0.717, 1.165) is 11.1 Å². The summed E-state index contributed by atoms with van der Waals surface area (Å²) in [6.45, 7) is 2.77. The molecule has 0 aliphatic heterocycles. The van der Waals surface area contributed by atoms with Gasteiger partial charge in [0.15, 0.2) is 0 Å². The van der Waals surface area contributed by atoms with Crippen molar-refractivity contribution in [3.63, 3.8) is 0 Å². The number of nitrogens with zero attached hydrogens (tertiary/aromatic N) is 1. The Morgan fingerprint density at radius 2 is 1.65 bits per heavy atom. The molecule has 0 unspecified atom stereocenters. The SMILES string of the molecule is COc1cc(C(=O)N(CCCCC(=O)O)CCCc2cccc(F)c2)cc(OC)c1C. The van der Waals surface area contributed by atoms with E-state index in [0.29, 0.717) is 55.8 Å². The zero-order valence-corrected chi connectivity index (χ0v) is 18.3. The topological polar surface area (TPSA) is 76.1 Å². The number of aryl methyl sites for hydroxylation is 1. The van der Waals surface area contributed by atoms with Crippen molar-refractivity contribution in [1.29, 1.82) is 0 Å². The van der Waals surface area contributed by atoms with Crippen LogP contribution in [0.4, 0.5) is 4.39 Å². The summed E-state index contributed by atoms with van der Waals surface area (Å²) in [6, 6.07) is 9.81. The number of carbonyl (C=O) groups is 2. The number of methoxy groups -OCH3 is 2. The molecule has 0 heterocycles.